The third-order valence-corrected chi connectivity index (χ3v) is 12.1. The molecule has 37 heavy (non-hydrogen) atoms. The summed E-state index contributed by atoms with van der Waals surface area (Å²) in [6.45, 7) is 13.7. The zero-order valence-corrected chi connectivity index (χ0v) is 23.8. The number of nitrogens with one attached hydrogen (secondary N) is 1. The lowest BCUT2D eigenvalue weighted by molar-refractivity contribution is -0.192. The fourth-order valence-electron chi connectivity index (χ4n) is 9.87. The van der Waals surface area contributed by atoms with Crippen LogP contribution >= 0.6 is 0 Å². The molecular formula is C30H48N2O5. The van der Waals surface area contributed by atoms with Crippen LogP contribution in [0.2, 0.25) is 0 Å². The Balaban J connectivity index is 1.48. The zero-order chi connectivity index (χ0) is 26.8. The first-order valence-corrected chi connectivity index (χ1v) is 14.8. The summed E-state index contributed by atoms with van der Waals surface area (Å²) in [6, 6.07) is 0. The summed E-state index contributed by atoms with van der Waals surface area (Å²) < 4.78 is 12.4. The lowest BCUT2D eigenvalue weighted by Crippen LogP contribution is -2.63. The molecule has 7 nitrogen and oxygen atoms in total. The second kappa shape index (κ2) is 9.62. The summed E-state index contributed by atoms with van der Waals surface area (Å²) in [5, 5.41) is 2.62. The van der Waals surface area contributed by atoms with Crippen molar-refractivity contribution in [3.05, 3.63) is 0 Å². The summed E-state index contributed by atoms with van der Waals surface area (Å²) >= 11 is 0. The average molecular weight is 517 g/mol. The Morgan fingerprint density at radius 3 is 2.46 bits per heavy atom. The molecule has 1 N–H and O–H groups in total. The highest BCUT2D eigenvalue weighted by Gasteiger charge is 2.68. The molecule has 3 saturated carbocycles. The highest BCUT2D eigenvalue weighted by Crippen LogP contribution is 2.69. The van der Waals surface area contributed by atoms with E-state index in [4.69, 9.17) is 9.47 Å². The van der Waals surface area contributed by atoms with Gasteiger partial charge in [-0.1, -0.05) is 41.0 Å². The first-order chi connectivity index (χ1) is 17.5. The van der Waals surface area contributed by atoms with Crippen LogP contribution in [0.4, 0.5) is 4.79 Å². The van der Waals surface area contributed by atoms with Crippen molar-refractivity contribution in [2.45, 2.75) is 98.2 Å². The number of alkyl carbamates (subject to hydrolysis) is 1. The molecular weight excluding hydrogens is 468 g/mol. The van der Waals surface area contributed by atoms with Crippen molar-refractivity contribution in [3.63, 3.8) is 0 Å². The number of fused-ring (bicyclic) bond motifs is 2. The van der Waals surface area contributed by atoms with Gasteiger partial charge in [-0.2, -0.15) is 0 Å². The van der Waals surface area contributed by atoms with Crippen LogP contribution in [-0.4, -0.2) is 61.6 Å². The smallest absolute Gasteiger partial charge is 0.414 e. The van der Waals surface area contributed by atoms with E-state index < -0.39 is 17.6 Å². The van der Waals surface area contributed by atoms with Crippen LogP contribution in [0, 0.1) is 45.8 Å². The number of carbonyl (C=O) groups excluding carboxylic acids is 3. The van der Waals surface area contributed by atoms with E-state index in [1.165, 1.54) is 0 Å². The van der Waals surface area contributed by atoms with Crippen LogP contribution in [0.25, 0.3) is 0 Å². The Bertz CT molecular complexity index is 939. The molecule has 11 atom stereocenters. The maximum absolute atomic E-state index is 14.2. The third kappa shape index (κ3) is 4.09. The van der Waals surface area contributed by atoms with Gasteiger partial charge in [-0.25, -0.2) is 4.79 Å². The normalized spacial score (nSPS) is 48.8. The lowest BCUT2D eigenvalue weighted by Gasteiger charge is -2.61. The lowest BCUT2D eigenvalue weighted by atomic mass is 9.43. The number of imide groups is 1. The van der Waals surface area contributed by atoms with Gasteiger partial charge in [0.25, 0.3) is 0 Å². The second-order valence-corrected chi connectivity index (χ2v) is 13.7. The van der Waals surface area contributed by atoms with Crippen molar-refractivity contribution < 1.29 is 23.9 Å². The van der Waals surface area contributed by atoms with Gasteiger partial charge in [0.1, 0.15) is 11.9 Å². The van der Waals surface area contributed by atoms with Gasteiger partial charge >= 0.3 is 6.09 Å². The maximum Gasteiger partial charge on any atom is 0.414 e. The van der Waals surface area contributed by atoms with E-state index in [0.29, 0.717) is 24.0 Å². The van der Waals surface area contributed by atoms with Crippen LogP contribution in [0.5, 0.6) is 0 Å². The molecule has 0 aromatic rings. The maximum atomic E-state index is 14.2. The summed E-state index contributed by atoms with van der Waals surface area (Å²) in [5.41, 5.74) is -1.06. The van der Waals surface area contributed by atoms with Crippen LogP contribution in [0.15, 0.2) is 0 Å². The fraction of sp³-hybridized carbons (Fsp3) is 0.900. The molecule has 0 aromatic heterocycles. The fourth-order valence-corrected chi connectivity index (χ4v) is 9.87. The van der Waals surface area contributed by atoms with Gasteiger partial charge in [-0.05, 0) is 68.7 Å². The minimum atomic E-state index is -0.649. The SMILES string of the molecule is CCC[C@]1(C)C[C@@H](OC(=O)NC(=O)[C@H]2CN3CC[C@@H]2C3)[C@@]2(C)C3C(OC)CCC3(CC[C@H]2C)[C@@H](C)C1=O. The predicted molar refractivity (Wildman–Crippen MR) is 141 cm³/mol. The van der Waals surface area contributed by atoms with Crippen molar-refractivity contribution in [2.75, 3.05) is 26.7 Å². The molecule has 2 heterocycles. The third-order valence-electron chi connectivity index (χ3n) is 12.1. The number of rotatable bonds is 5. The highest BCUT2D eigenvalue weighted by molar-refractivity contribution is 5.93. The van der Waals surface area contributed by atoms with Gasteiger partial charge in [-0.15, -0.1) is 0 Å². The molecule has 3 aliphatic carbocycles. The number of ether oxygens (including phenoxy) is 2. The topological polar surface area (TPSA) is 84.9 Å². The number of ketones is 1. The first-order valence-electron chi connectivity index (χ1n) is 14.8. The molecule has 2 aliphatic heterocycles. The van der Waals surface area contributed by atoms with E-state index in [1.807, 2.05) is 0 Å². The van der Waals surface area contributed by atoms with Gasteiger partial charge in [0.2, 0.25) is 5.91 Å². The Hall–Kier alpha value is -1.47. The van der Waals surface area contributed by atoms with E-state index in [0.717, 1.165) is 64.6 Å². The number of methoxy groups -OCH3 is 1. The van der Waals surface area contributed by atoms with Crippen LogP contribution in [-0.2, 0) is 19.1 Å². The predicted octanol–water partition coefficient (Wildman–Crippen LogP) is 4.82. The Morgan fingerprint density at radius 2 is 1.84 bits per heavy atom. The molecule has 2 amide bonds. The molecule has 0 aromatic carbocycles. The van der Waals surface area contributed by atoms with Gasteiger partial charge in [0.05, 0.1) is 12.0 Å². The van der Waals surface area contributed by atoms with Crippen LogP contribution < -0.4 is 5.32 Å². The number of amides is 2. The molecule has 208 valence electrons. The number of piperidine rings is 1. The van der Waals surface area contributed by atoms with Crippen molar-refractivity contribution in [1.82, 2.24) is 10.2 Å². The number of nitrogens with zero attached hydrogens (tertiary/aromatic N) is 1. The number of Topliss-reactive ketones (excluding diaryl/α,β-unsaturated/α-hetero) is 1. The molecule has 0 radical (unpaired) electrons. The van der Waals surface area contributed by atoms with Crippen molar-refractivity contribution in [2.24, 2.45) is 45.8 Å². The monoisotopic (exact) mass is 516 g/mol. The Labute approximate surface area is 222 Å². The van der Waals surface area contributed by atoms with Crippen LogP contribution in [0.1, 0.15) is 86.0 Å². The molecule has 5 aliphatic rings. The number of hydrogen-bond acceptors (Lipinski definition) is 6. The standard InChI is InChI=1S/C30H48N2O5/c1-7-11-28(4)15-23(37-27(35)31-26(34)21-17-32-14-10-20(21)16-32)29(5)18(2)8-12-30(19(3)25(28)33)13-9-22(36-6)24(29)30/h18-24H,7-17H2,1-6H3,(H,31,34,35)/t18-,19+,20-,21+,22?,23-,24?,28-,29+,30?/m1/s1. The van der Waals surface area contributed by atoms with E-state index in [2.05, 4.69) is 44.8 Å². The minimum Gasteiger partial charge on any atom is -0.445 e. The Kier molecular flexibility index (Phi) is 7.05. The van der Waals surface area contributed by atoms with Gasteiger partial charge in [0, 0.05) is 42.9 Å². The molecule has 5 fully saturated rings. The van der Waals surface area contributed by atoms with Gasteiger partial charge in [-0.3, -0.25) is 14.9 Å². The van der Waals surface area contributed by atoms with Crippen molar-refractivity contribution >= 4 is 17.8 Å². The van der Waals surface area contributed by atoms with Gasteiger partial charge in [0.15, 0.2) is 0 Å². The second-order valence-electron chi connectivity index (χ2n) is 13.7. The number of hydrogen-bond donors (Lipinski definition) is 1. The molecule has 0 spiro atoms. The minimum absolute atomic E-state index is 0.0393. The summed E-state index contributed by atoms with van der Waals surface area (Å²) in [6.07, 6.45) is 6.04. The molecule has 7 heteroatoms. The zero-order valence-electron chi connectivity index (χ0n) is 23.8. The first kappa shape index (κ1) is 27.1. The van der Waals surface area contributed by atoms with Crippen molar-refractivity contribution in [3.8, 4) is 0 Å². The van der Waals surface area contributed by atoms with E-state index >= 15 is 0 Å². The number of carbonyl (C=O) groups is 3. The summed E-state index contributed by atoms with van der Waals surface area (Å²) in [7, 11) is 1.78. The summed E-state index contributed by atoms with van der Waals surface area (Å²) in [5.74, 6) is 0.676. The summed E-state index contributed by atoms with van der Waals surface area (Å²) in [4.78, 5) is 43.0. The molecule has 5 rings (SSSR count). The average Bonchev–Trinajstić information content (AvgIpc) is 3.59. The van der Waals surface area contributed by atoms with Gasteiger partial charge < -0.3 is 14.4 Å². The van der Waals surface area contributed by atoms with Crippen molar-refractivity contribution in [1.29, 1.82) is 0 Å². The molecule has 4 bridgehead atoms. The largest absolute Gasteiger partial charge is 0.445 e. The van der Waals surface area contributed by atoms with E-state index in [1.54, 1.807) is 7.11 Å². The van der Waals surface area contributed by atoms with E-state index in [9.17, 15) is 14.4 Å². The Morgan fingerprint density at radius 1 is 1.11 bits per heavy atom. The van der Waals surface area contributed by atoms with Crippen LogP contribution in [0.3, 0.4) is 0 Å². The molecule has 2 saturated heterocycles. The van der Waals surface area contributed by atoms with E-state index in [-0.39, 0.29) is 40.6 Å². The quantitative estimate of drug-likeness (QED) is 0.564. The highest BCUT2D eigenvalue weighted by atomic mass is 16.6. The molecule has 4 unspecified atom stereocenters.